The summed E-state index contributed by atoms with van der Waals surface area (Å²) in [5.41, 5.74) is 5.31. The van der Waals surface area contributed by atoms with E-state index >= 15 is 0 Å². The van der Waals surface area contributed by atoms with E-state index in [1.54, 1.807) is 30.0 Å². The second kappa shape index (κ2) is 5.09. The van der Waals surface area contributed by atoms with Crippen molar-refractivity contribution in [3.05, 3.63) is 23.8 Å². The molecule has 1 aliphatic rings. The molecule has 1 aromatic carbocycles. The Morgan fingerprint density at radius 3 is 2.84 bits per heavy atom. The summed E-state index contributed by atoms with van der Waals surface area (Å²) >= 11 is 0. The molecule has 1 amide bonds. The molecule has 1 saturated heterocycles. The number of likely N-dealkylation sites (tertiary alicyclic amines) is 1. The van der Waals surface area contributed by atoms with Crippen molar-refractivity contribution in [2.75, 3.05) is 18.8 Å². The normalized spacial score (nSPS) is 24.0. The Labute approximate surface area is 112 Å². The third kappa shape index (κ3) is 2.98. The molecule has 0 saturated carbocycles. The average Bonchev–Trinajstić information content (AvgIpc) is 2.53. The lowest BCUT2D eigenvalue weighted by Gasteiger charge is -2.23. The second-order valence-electron chi connectivity index (χ2n) is 5.39. The molecule has 1 fully saturated rings. The lowest BCUT2D eigenvalue weighted by molar-refractivity contribution is 0.0437. The molecule has 0 bridgehead atoms. The van der Waals surface area contributed by atoms with Gasteiger partial charge in [-0.3, -0.25) is 4.79 Å². The van der Waals surface area contributed by atoms with Gasteiger partial charge in [-0.15, -0.1) is 0 Å². The van der Waals surface area contributed by atoms with E-state index in [-0.39, 0.29) is 22.9 Å². The third-order valence-electron chi connectivity index (χ3n) is 3.65. The molecule has 1 atom stereocenters. The molecule has 0 spiro atoms. The fourth-order valence-corrected chi connectivity index (χ4v) is 2.37. The minimum absolute atomic E-state index is 0.163. The molecule has 0 radical (unpaired) electrons. The number of carbonyl (C=O) groups is 1. The molecular formula is C14H20N2O3. The summed E-state index contributed by atoms with van der Waals surface area (Å²) in [4.78, 5) is 14.0. The molecule has 4 N–H and O–H groups in total. The predicted octanol–water partition coefficient (Wildman–Crippen LogP) is 1.35. The first-order chi connectivity index (χ1) is 8.91. The number of aliphatic hydroxyl groups is 1. The van der Waals surface area contributed by atoms with Gasteiger partial charge in [0.25, 0.3) is 5.91 Å². The van der Waals surface area contributed by atoms with Gasteiger partial charge in [-0.2, -0.15) is 0 Å². The number of hydrogen-bond donors (Lipinski definition) is 3. The van der Waals surface area contributed by atoms with E-state index in [0.717, 1.165) is 6.42 Å². The van der Waals surface area contributed by atoms with Crippen LogP contribution >= 0.6 is 0 Å². The number of benzene rings is 1. The highest BCUT2D eigenvalue weighted by Gasteiger charge is 2.28. The van der Waals surface area contributed by atoms with Crippen LogP contribution in [-0.2, 0) is 0 Å². The zero-order chi connectivity index (χ0) is 14.0. The van der Waals surface area contributed by atoms with Crippen LogP contribution in [-0.4, -0.2) is 39.7 Å². The number of rotatable bonds is 1. The first kappa shape index (κ1) is 13.7. The Hall–Kier alpha value is -1.75. The van der Waals surface area contributed by atoms with Gasteiger partial charge < -0.3 is 20.8 Å². The van der Waals surface area contributed by atoms with E-state index in [9.17, 15) is 15.0 Å². The van der Waals surface area contributed by atoms with E-state index in [1.165, 1.54) is 0 Å². The molecule has 5 nitrogen and oxygen atoms in total. The minimum atomic E-state index is -0.715. The Morgan fingerprint density at radius 1 is 1.37 bits per heavy atom. The van der Waals surface area contributed by atoms with Gasteiger partial charge >= 0.3 is 0 Å². The lowest BCUT2D eigenvalue weighted by atomic mass is 9.98. The van der Waals surface area contributed by atoms with Crippen LogP contribution in [0, 0.1) is 0 Å². The van der Waals surface area contributed by atoms with Gasteiger partial charge in [-0.05, 0) is 38.3 Å². The van der Waals surface area contributed by atoms with Crippen LogP contribution in [0.15, 0.2) is 18.2 Å². The molecule has 1 aromatic rings. The number of nitrogen functional groups attached to an aromatic ring is 1. The van der Waals surface area contributed by atoms with Gasteiger partial charge in [0, 0.05) is 13.1 Å². The summed E-state index contributed by atoms with van der Waals surface area (Å²) < 4.78 is 0. The summed E-state index contributed by atoms with van der Waals surface area (Å²) in [7, 11) is 0. The largest absolute Gasteiger partial charge is 0.505 e. The number of nitrogens with two attached hydrogens (primary N) is 1. The van der Waals surface area contributed by atoms with Gasteiger partial charge in [0.2, 0.25) is 0 Å². The van der Waals surface area contributed by atoms with Crippen molar-refractivity contribution in [1.82, 2.24) is 4.90 Å². The number of hydrogen-bond acceptors (Lipinski definition) is 4. The van der Waals surface area contributed by atoms with Crippen molar-refractivity contribution >= 4 is 11.6 Å². The Bertz CT molecular complexity index is 486. The summed E-state index contributed by atoms with van der Waals surface area (Å²) in [6, 6.07) is 4.77. The maximum Gasteiger partial charge on any atom is 0.257 e. The Morgan fingerprint density at radius 2 is 2.11 bits per heavy atom. The number of phenols is 1. The predicted molar refractivity (Wildman–Crippen MR) is 72.9 cm³/mol. The zero-order valence-corrected chi connectivity index (χ0v) is 11.1. The minimum Gasteiger partial charge on any atom is -0.505 e. The van der Waals surface area contributed by atoms with E-state index in [2.05, 4.69) is 0 Å². The fraction of sp³-hybridized carbons (Fsp3) is 0.500. The van der Waals surface area contributed by atoms with Crippen LogP contribution in [0.25, 0.3) is 0 Å². The van der Waals surface area contributed by atoms with Crippen molar-refractivity contribution in [2.24, 2.45) is 0 Å². The number of nitrogens with zero attached hydrogens (tertiary/aromatic N) is 1. The van der Waals surface area contributed by atoms with Crippen molar-refractivity contribution in [2.45, 2.75) is 31.8 Å². The molecule has 0 aliphatic carbocycles. The average molecular weight is 264 g/mol. The van der Waals surface area contributed by atoms with Gasteiger partial charge in [-0.1, -0.05) is 6.07 Å². The molecule has 104 valence electrons. The van der Waals surface area contributed by atoms with Crippen LogP contribution in [0.3, 0.4) is 0 Å². The number of aromatic hydroxyl groups is 1. The summed E-state index contributed by atoms with van der Waals surface area (Å²) in [6.07, 6.45) is 1.98. The first-order valence-electron chi connectivity index (χ1n) is 6.50. The van der Waals surface area contributed by atoms with Crippen LogP contribution in [0.4, 0.5) is 5.69 Å². The molecule has 2 rings (SSSR count). The second-order valence-corrected chi connectivity index (χ2v) is 5.39. The van der Waals surface area contributed by atoms with Gasteiger partial charge in [0.15, 0.2) is 5.75 Å². The van der Waals surface area contributed by atoms with E-state index < -0.39 is 5.60 Å². The SMILES string of the molecule is CC1(O)CCCN(C(=O)c2cccc(N)c2O)CC1. The Kier molecular flexibility index (Phi) is 3.66. The van der Waals surface area contributed by atoms with Gasteiger partial charge in [0.05, 0.1) is 16.9 Å². The summed E-state index contributed by atoms with van der Waals surface area (Å²) in [6.45, 7) is 2.86. The quantitative estimate of drug-likeness (QED) is 0.528. The van der Waals surface area contributed by atoms with Crippen LogP contribution < -0.4 is 5.73 Å². The van der Waals surface area contributed by atoms with E-state index in [4.69, 9.17) is 5.73 Å². The van der Waals surface area contributed by atoms with Crippen LogP contribution in [0.2, 0.25) is 0 Å². The number of phenolic OH excluding ortho intramolecular Hbond substituents is 1. The van der Waals surface area contributed by atoms with E-state index in [1.807, 2.05) is 0 Å². The highest BCUT2D eigenvalue weighted by atomic mass is 16.3. The monoisotopic (exact) mass is 264 g/mol. The Balaban J connectivity index is 2.18. The van der Waals surface area contributed by atoms with Gasteiger partial charge in [0.1, 0.15) is 0 Å². The molecule has 1 unspecified atom stereocenters. The first-order valence-corrected chi connectivity index (χ1v) is 6.50. The third-order valence-corrected chi connectivity index (χ3v) is 3.65. The highest BCUT2D eigenvalue weighted by Crippen LogP contribution is 2.28. The number of amides is 1. The van der Waals surface area contributed by atoms with Crippen LogP contribution in [0.5, 0.6) is 5.75 Å². The van der Waals surface area contributed by atoms with Crippen molar-refractivity contribution < 1.29 is 15.0 Å². The number of carbonyl (C=O) groups excluding carboxylic acids is 1. The zero-order valence-electron chi connectivity index (χ0n) is 11.1. The molecule has 19 heavy (non-hydrogen) atoms. The molecular weight excluding hydrogens is 244 g/mol. The molecule has 1 aliphatic heterocycles. The van der Waals surface area contributed by atoms with Crippen molar-refractivity contribution in [3.8, 4) is 5.75 Å². The van der Waals surface area contributed by atoms with Gasteiger partial charge in [-0.25, -0.2) is 0 Å². The smallest absolute Gasteiger partial charge is 0.257 e. The van der Waals surface area contributed by atoms with Crippen LogP contribution in [0.1, 0.15) is 36.5 Å². The summed E-state index contributed by atoms with van der Waals surface area (Å²) in [5.74, 6) is -0.397. The lowest BCUT2D eigenvalue weighted by Crippen LogP contribution is -2.33. The summed E-state index contributed by atoms with van der Waals surface area (Å²) in [5, 5.41) is 19.9. The van der Waals surface area contributed by atoms with Crippen molar-refractivity contribution in [3.63, 3.8) is 0 Å². The number of anilines is 1. The number of para-hydroxylation sites is 1. The molecule has 0 aromatic heterocycles. The molecule has 5 heteroatoms. The molecule has 1 heterocycles. The maximum absolute atomic E-state index is 12.4. The topological polar surface area (TPSA) is 86.8 Å². The standard InChI is InChI=1S/C14H20N2O3/c1-14(19)6-3-8-16(9-7-14)13(18)10-4-2-5-11(15)12(10)17/h2,4-5,17,19H,3,6-9,15H2,1H3. The maximum atomic E-state index is 12.4. The fourth-order valence-electron chi connectivity index (χ4n) is 2.37. The van der Waals surface area contributed by atoms with Crippen molar-refractivity contribution in [1.29, 1.82) is 0 Å². The van der Waals surface area contributed by atoms with E-state index in [0.29, 0.717) is 25.9 Å². The highest BCUT2D eigenvalue weighted by molar-refractivity contribution is 5.98.